The number of nitro benzene ring substituents is 1. The molecule has 0 aliphatic carbocycles. The van der Waals surface area contributed by atoms with Crippen LogP contribution in [0.4, 0.5) is 5.69 Å². The molecule has 10 nitrogen and oxygen atoms in total. The molecule has 2 amide bonds. The smallest absolute Gasteiger partial charge is 0.339 e. The molecule has 36 heavy (non-hydrogen) atoms. The monoisotopic (exact) mass is 501 g/mol. The average molecular weight is 501 g/mol. The molecule has 0 aromatic heterocycles. The van der Waals surface area contributed by atoms with Crippen molar-refractivity contribution in [1.29, 1.82) is 0 Å². The highest BCUT2D eigenvalue weighted by Crippen LogP contribution is 2.30. The maximum Gasteiger partial charge on any atom is 0.339 e. The lowest BCUT2D eigenvalue weighted by molar-refractivity contribution is -0.384. The second kappa shape index (κ2) is 8.71. The van der Waals surface area contributed by atoms with E-state index in [-0.39, 0.29) is 33.0 Å². The SMILES string of the molecule is O=C1c2ccccc2C(=O)N1/N=C\c1c(OS(=O)(=O)c2ccc([N+](=O)[O-])cc2)ccc2ccccc12. The molecule has 1 heterocycles. The van der Waals surface area contributed by atoms with E-state index in [9.17, 15) is 28.1 Å². The zero-order valence-electron chi connectivity index (χ0n) is 18.3. The first kappa shape index (κ1) is 22.9. The van der Waals surface area contributed by atoms with Crippen LogP contribution in [0, 0.1) is 10.1 Å². The van der Waals surface area contributed by atoms with Crippen molar-refractivity contribution in [2.45, 2.75) is 4.90 Å². The number of hydrazone groups is 1. The Morgan fingerprint density at radius 3 is 2.08 bits per heavy atom. The number of rotatable bonds is 6. The molecule has 1 aliphatic rings. The van der Waals surface area contributed by atoms with Gasteiger partial charge in [0.1, 0.15) is 4.90 Å². The summed E-state index contributed by atoms with van der Waals surface area (Å²) in [6.45, 7) is 0. The van der Waals surface area contributed by atoms with E-state index in [2.05, 4.69) is 5.10 Å². The Kier molecular flexibility index (Phi) is 5.53. The van der Waals surface area contributed by atoms with Gasteiger partial charge < -0.3 is 4.18 Å². The highest BCUT2D eigenvalue weighted by Gasteiger charge is 2.35. The van der Waals surface area contributed by atoms with Crippen LogP contribution in [0.5, 0.6) is 5.75 Å². The summed E-state index contributed by atoms with van der Waals surface area (Å²) in [4.78, 5) is 35.3. The molecule has 1 aliphatic heterocycles. The van der Waals surface area contributed by atoms with Crippen LogP contribution in [-0.4, -0.2) is 36.4 Å². The number of nitro groups is 1. The Hall–Kier alpha value is -4.90. The van der Waals surface area contributed by atoms with Gasteiger partial charge in [0.15, 0.2) is 5.75 Å². The fourth-order valence-corrected chi connectivity index (χ4v) is 4.73. The summed E-state index contributed by atoms with van der Waals surface area (Å²) in [5.74, 6) is -1.31. The van der Waals surface area contributed by atoms with Gasteiger partial charge in [-0.2, -0.15) is 18.5 Å². The number of amides is 2. The van der Waals surface area contributed by atoms with Gasteiger partial charge in [0.25, 0.3) is 17.5 Å². The topological polar surface area (TPSA) is 136 Å². The Bertz CT molecular complexity index is 1660. The Morgan fingerprint density at radius 1 is 0.833 bits per heavy atom. The number of carbonyl (C=O) groups excluding carboxylic acids is 2. The van der Waals surface area contributed by atoms with Crippen LogP contribution >= 0.6 is 0 Å². The van der Waals surface area contributed by atoms with Gasteiger partial charge in [-0.25, -0.2) is 0 Å². The van der Waals surface area contributed by atoms with E-state index < -0.39 is 26.9 Å². The van der Waals surface area contributed by atoms with E-state index in [1.54, 1.807) is 42.5 Å². The molecule has 178 valence electrons. The molecule has 0 N–H and O–H groups in total. The number of non-ortho nitro benzene ring substituents is 1. The molecule has 0 saturated heterocycles. The Morgan fingerprint density at radius 2 is 1.44 bits per heavy atom. The quantitative estimate of drug-likeness (QED) is 0.127. The van der Waals surface area contributed by atoms with Crippen molar-refractivity contribution >= 4 is 44.6 Å². The van der Waals surface area contributed by atoms with Gasteiger partial charge in [-0.15, -0.1) is 0 Å². The third kappa shape index (κ3) is 3.97. The van der Waals surface area contributed by atoms with E-state index in [1.807, 2.05) is 0 Å². The van der Waals surface area contributed by atoms with Crippen LogP contribution in [0.1, 0.15) is 26.3 Å². The zero-order valence-corrected chi connectivity index (χ0v) is 19.1. The molecular formula is C25H15N3O7S. The molecule has 11 heteroatoms. The van der Waals surface area contributed by atoms with Gasteiger partial charge in [0.05, 0.1) is 22.3 Å². The van der Waals surface area contributed by atoms with Gasteiger partial charge in [-0.05, 0) is 41.1 Å². The van der Waals surface area contributed by atoms with E-state index >= 15 is 0 Å². The van der Waals surface area contributed by atoms with Crippen LogP contribution in [0.25, 0.3) is 10.8 Å². The summed E-state index contributed by atoms with van der Waals surface area (Å²) in [6.07, 6.45) is 1.20. The number of hydrogen-bond acceptors (Lipinski definition) is 8. The number of carbonyl (C=O) groups is 2. The summed E-state index contributed by atoms with van der Waals surface area (Å²) in [5.41, 5.74) is 0.383. The van der Waals surface area contributed by atoms with Crippen LogP contribution in [0.3, 0.4) is 0 Å². The van der Waals surface area contributed by atoms with Gasteiger partial charge in [0.2, 0.25) is 0 Å². The summed E-state index contributed by atoms with van der Waals surface area (Å²) in [5, 5.41) is 17.0. The van der Waals surface area contributed by atoms with Gasteiger partial charge in [-0.3, -0.25) is 19.7 Å². The average Bonchev–Trinajstić information content (AvgIpc) is 3.12. The van der Waals surface area contributed by atoms with Crippen molar-refractivity contribution in [3.05, 3.63) is 112 Å². The number of nitrogens with zero attached hydrogens (tertiary/aromatic N) is 3. The maximum atomic E-state index is 12.9. The van der Waals surface area contributed by atoms with Gasteiger partial charge in [0, 0.05) is 17.7 Å². The number of benzene rings is 4. The van der Waals surface area contributed by atoms with Crippen molar-refractivity contribution in [3.63, 3.8) is 0 Å². The van der Waals surface area contributed by atoms with E-state index in [4.69, 9.17) is 4.18 Å². The van der Waals surface area contributed by atoms with Gasteiger partial charge >= 0.3 is 10.1 Å². The summed E-state index contributed by atoms with van der Waals surface area (Å²) in [6, 6.07) is 20.7. The molecule has 0 atom stereocenters. The van der Waals surface area contributed by atoms with Crippen LogP contribution < -0.4 is 4.18 Å². The highest BCUT2D eigenvalue weighted by atomic mass is 32.2. The summed E-state index contributed by atoms with van der Waals surface area (Å²) >= 11 is 0. The first-order valence-electron chi connectivity index (χ1n) is 10.5. The zero-order chi connectivity index (χ0) is 25.4. The lowest BCUT2D eigenvalue weighted by atomic mass is 10.0. The normalized spacial score (nSPS) is 13.4. The minimum absolute atomic E-state index is 0.104. The van der Waals surface area contributed by atoms with E-state index in [0.717, 1.165) is 29.7 Å². The minimum atomic E-state index is -4.38. The first-order valence-corrected chi connectivity index (χ1v) is 11.9. The number of imide groups is 1. The Labute approximate surface area is 204 Å². The highest BCUT2D eigenvalue weighted by molar-refractivity contribution is 7.87. The third-order valence-corrected chi connectivity index (χ3v) is 6.79. The number of fused-ring (bicyclic) bond motifs is 2. The lowest BCUT2D eigenvalue weighted by Gasteiger charge is -2.13. The van der Waals surface area contributed by atoms with Crippen LogP contribution in [0.2, 0.25) is 0 Å². The standard InChI is InChI=1S/C25H15N3O7S/c29-24-20-7-3-4-8-21(20)25(30)27(24)26-15-22-19-6-2-1-5-16(19)9-14-23(22)35-36(33,34)18-12-10-17(11-13-18)28(31)32/h1-15H/b26-15-. The summed E-state index contributed by atoms with van der Waals surface area (Å²) in [7, 11) is -4.38. The van der Waals surface area contributed by atoms with Crippen molar-refractivity contribution in [2.24, 2.45) is 5.10 Å². The van der Waals surface area contributed by atoms with Crippen molar-refractivity contribution in [3.8, 4) is 5.75 Å². The predicted molar refractivity (Wildman–Crippen MR) is 129 cm³/mol. The maximum absolute atomic E-state index is 12.9. The van der Waals surface area contributed by atoms with Crippen molar-refractivity contribution in [1.82, 2.24) is 5.01 Å². The number of hydrogen-bond donors (Lipinski definition) is 0. The van der Waals surface area contributed by atoms with Crippen molar-refractivity contribution in [2.75, 3.05) is 0 Å². The van der Waals surface area contributed by atoms with Crippen LogP contribution in [-0.2, 0) is 10.1 Å². The second-order valence-electron chi connectivity index (χ2n) is 7.70. The minimum Gasteiger partial charge on any atom is -0.378 e. The molecule has 4 aromatic carbocycles. The Balaban J connectivity index is 1.54. The summed E-state index contributed by atoms with van der Waals surface area (Å²) < 4.78 is 31.2. The third-order valence-electron chi connectivity index (χ3n) is 5.54. The largest absolute Gasteiger partial charge is 0.378 e. The van der Waals surface area contributed by atoms with E-state index in [0.29, 0.717) is 10.4 Å². The molecular weight excluding hydrogens is 486 g/mol. The first-order chi connectivity index (χ1) is 17.3. The molecule has 0 fully saturated rings. The molecule has 5 rings (SSSR count). The molecule has 0 bridgehead atoms. The fourth-order valence-electron chi connectivity index (χ4n) is 3.78. The predicted octanol–water partition coefficient (Wildman–Crippen LogP) is 4.15. The lowest BCUT2D eigenvalue weighted by Crippen LogP contribution is -2.24. The van der Waals surface area contributed by atoms with Gasteiger partial charge in [-0.1, -0.05) is 42.5 Å². The molecule has 0 spiro atoms. The van der Waals surface area contributed by atoms with Crippen molar-refractivity contribution < 1.29 is 27.1 Å². The second-order valence-corrected chi connectivity index (χ2v) is 9.25. The molecule has 4 aromatic rings. The van der Waals surface area contributed by atoms with E-state index in [1.165, 1.54) is 24.4 Å². The molecule has 0 unspecified atom stereocenters. The fraction of sp³-hybridized carbons (Fsp3) is 0. The van der Waals surface area contributed by atoms with Crippen LogP contribution in [0.15, 0.2) is 94.9 Å². The molecule has 0 radical (unpaired) electrons. The molecule has 0 saturated carbocycles.